The van der Waals surface area contributed by atoms with Gasteiger partial charge in [-0.25, -0.2) is 0 Å². The molecular formula is C14H14O4. The lowest BCUT2D eigenvalue weighted by Gasteiger charge is -2.35. The van der Waals surface area contributed by atoms with Crippen LogP contribution >= 0.6 is 0 Å². The summed E-state index contributed by atoms with van der Waals surface area (Å²) >= 11 is 0. The van der Waals surface area contributed by atoms with E-state index in [-0.39, 0.29) is 12.2 Å². The van der Waals surface area contributed by atoms with Crippen molar-refractivity contribution in [2.45, 2.75) is 43.9 Å². The summed E-state index contributed by atoms with van der Waals surface area (Å²) in [6, 6.07) is 0. The Kier molecular flexibility index (Phi) is 2.80. The van der Waals surface area contributed by atoms with Gasteiger partial charge in [0.1, 0.15) is 11.9 Å². The number of fused-ring (bicyclic) bond motifs is 2. The molecule has 0 aliphatic carbocycles. The minimum atomic E-state index is -0.701. The van der Waals surface area contributed by atoms with Gasteiger partial charge >= 0.3 is 0 Å². The molecule has 3 aliphatic rings. The number of aliphatic hydroxyl groups is 1. The van der Waals surface area contributed by atoms with Crippen LogP contribution in [-0.2, 0) is 14.2 Å². The van der Waals surface area contributed by atoms with Gasteiger partial charge in [0, 0.05) is 12.5 Å². The Balaban J connectivity index is 1.72. The minimum absolute atomic E-state index is 0.0378. The number of rotatable bonds is 0. The van der Waals surface area contributed by atoms with Crippen LogP contribution in [0.15, 0.2) is 11.8 Å². The van der Waals surface area contributed by atoms with Gasteiger partial charge in [-0.05, 0) is 25.2 Å². The van der Waals surface area contributed by atoms with E-state index in [9.17, 15) is 5.11 Å². The van der Waals surface area contributed by atoms with E-state index in [2.05, 4.69) is 23.7 Å². The molecule has 3 fully saturated rings. The van der Waals surface area contributed by atoms with Gasteiger partial charge in [0.2, 0.25) is 5.79 Å². The molecule has 0 unspecified atom stereocenters. The van der Waals surface area contributed by atoms with Crippen LogP contribution in [-0.4, -0.2) is 35.8 Å². The number of allylic oxidation sites excluding steroid dienone is 1. The smallest absolute Gasteiger partial charge is 0.239 e. The number of ether oxygens (including phenoxy) is 3. The third-order valence-corrected chi connectivity index (χ3v) is 3.32. The number of epoxide rings is 1. The van der Waals surface area contributed by atoms with E-state index in [1.165, 1.54) is 0 Å². The zero-order valence-corrected chi connectivity index (χ0v) is 10.1. The van der Waals surface area contributed by atoms with Gasteiger partial charge in [-0.1, -0.05) is 11.8 Å². The first-order chi connectivity index (χ1) is 8.75. The van der Waals surface area contributed by atoms with Crippen molar-refractivity contribution in [3.63, 3.8) is 0 Å². The van der Waals surface area contributed by atoms with Gasteiger partial charge in [0.15, 0.2) is 6.10 Å². The second-order valence-electron chi connectivity index (χ2n) is 4.59. The van der Waals surface area contributed by atoms with Crippen molar-refractivity contribution in [2.75, 3.05) is 6.61 Å². The average Bonchev–Trinajstić information content (AvgIpc) is 3.12. The quantitative estimate of drug-likeness (QED) is 0.501. The molecule has 4 nitrogen and oxygen atoms in total. The Labute approximate surface area is 106 Å². The third-order valence-electron chi connectivity index (χ3n) is 3.32. The van der Waals surface area contributed by atoms with E-state index in [1.807, 2.05) is 0 Å². The van der Waals surface area contributed by atoms with Crippen molar-refractivity contribution in [1.82, 2.24) is 0 Å². The van der Waals surface area contributed by atoms with E-state index < -0.39 is 11.9 Å². The largest absolute Gasteiger partial charge is 0.460 e. The first kappa shape index (κ1) is 11.6. The first-order valence-electron chi connectivity index (χ1n) is 6.04. The van der Waals surface area contributed by atoms with Crippen LogP contribution < -0.4 is 0 Å². The molecule has 0 amide bonds. The number of aliphatic hydroxyl groups excluding tert-OH is 1. The Morgan fingerprint density at radius 2 is 2.33 bits per heavy atom. The summed E-state index contributed by atoms with van der Waals surface area (Å²) in [5.74, 6) is 10.9. The first-order valence-corrected chi connectivity index (χ1v) is 6.04. The van der Waals surface area contributed by atoms with Crippen molar-refractivity contribution in [3.05, 3.63) is 11.8 Å². The van der Waals surface area contributed by atoms with Gasteiger partial charge in [-0.2, -0.15) is 0 Å². The van der Waals surface area contributed by atoms with E-state index in [1.54, 1.807) is 13.0 Å². The van der Waals surface area contributed by atoms with E-state index in [0.717, 1.165) is 0 Å². The molecule has 18 heavy (non-hydrogen) atoms. The molecule has 0 aromatic heterocycles. The maximum atomic E-state index is 9.45. The SMILES string of the molecule is CC#CC#CC=C1O[C@@]2(CC[C@H](O)CO2)[C@@H]2O[C@H]12. The number of hydrogen-bond acceptors (Lipinski definition) is 4. The highest BCUT2D eigenvalue weighted by atomic mass is 16.8. The van der Waals surface area contributed by atoms with Crippen LogP contribution in [0.1, 0.15) is 19.8 Å². The number of hydrogen-bond donors (Lipinski definition) is 1. The van der Waals surface area contributed by atoms with E-state index in [4.69, 9.17) is 14.2 Å². The van der Waals surface area contributed by atoms with Crippen LogP contribution in [0.3, 0.4) is 0 Å². The molecule has 0 aromatic rings. The molecule has 1 N–H and O–H groups in total. The second kappa shape index (κ2) is 4.33. The molecule has 0 aromatic carbocycles. The molecule has 0 saturated carbocycles. The lowest BCUT2D eigenvalue weighted by atomic mass is 10.0. The molecule has 4 atom stereocenters. The fraction of sp³-hybridized carbons (Fsp3) is 0.571. The molecule has 0 bridgehead atoms. The molecule has 94 valence electrons. The summed E-state index contributed by atoms with van der Waals surface area (Å²) in [7, 11) is 0. The highest BCUT2D eigenvalue weighted by Crippen LogP contribution is 2.52. The van der Waals surface area contributed by atoms with Gasteiger partial charge in [0.25, 0.3) is 0 Å². The third kappa shape index (κ3) is 1.89. The highest BCUT2D eigenvalue weighted by Gasteiger charge is 2.67. The Morgan fingerprint density at radius 3 is 3.06 bits per heavy atom. The molecule has 1 spiro atoms. The Bertz CT molecular complexity index is 491. The van der Waals surface area contributed by atoms with Crippen molar-refractivity contribution < 1.29 is 19.3 Å². The van der Waals surface area contributed by atoms with Crippen LogP contribution in [0.5, 0.6) is 0 Å². The average molecular weight is 246 g/mol. The van der Waals surface area contributed by atoms with Crippen LogP contribution in [0.25, 0.3) is 0 Å². The van der Waals surface area contributed by atoms with Gasteiger partial charge < -0.3 is 19.3 Å². The molecule has 3 rings (SSSR count). The lowest BCUT2D eigenvalue weighted by Crippen LogP contribution is -2.45. The lowest BCUT2D eigenvalue weighted by molar-refractivity contribution is -0.257. The van der Waals surface area contributed by atoms with E-state index in [0.29, 0.717) is 25.2 Å². The highest BCUT2D eigenvalue weighted by molar-refractivity contribution is 5.34. The van der Waals surface area contributed by atoms with Crippen LogP contribution in [0.4, 0.5) is 0 Å². The second-order valence-corrected chi connectivity index (χ2v) is 4.59. The maximum absolute atomic E-state index is 9.45. The van der Waals surface area contributed by atoms with Gasteiger partial charge in [-0.15, -0.1) is 0 Å². The Morgan fingerprint density at radius 1 is 1.44 bits per heavy atom. The van der Waals surface area contributed by atoms with Gasteiger partial charge in [0.05, 0.1) is 12.7 Å². The van der Waals surface area contributed by atoms with Crippen molar-refractivity contribution in [3.8, 4) is 23.7 Å². The topological polar surface area (TPSA) is 51.2 Å². The monoisotopic (exact) mass is 246 g/mol. The van der Waals surface area contributed by atoms with Gasteiger partial charge in [-0.3, -0.25) is 0 Å². The summed E-state index contributed by atoms with van der Waals surface area (Å²) in [5.41, 5.74) is 0. The molecular weight excluding hydrogens is 232 g/mol. The summed E-state index contributed by atoms with van der Waals surface area (Å²) in [4.78, 5) is 0. The molecule has 3 aliphatic heterocycles. The summed E-state index contributed by atoms with van der Waals surface area (Å²) in [6.07, 6.45) is 2.53. The van der Waals surface area contributed by atoms with E-state index >= 15 is 0 Å². The van der Waals surface area contributed by atoms with Crippen LogP contribution in [0, 0.1) is 23.7 Å². The molecule has 3 heterocycles. The molecule has 0 radical (unpaired) electrons. The van der Waals surface area contributed by atoms with Crippen molar-refractivity contribution >= 4 is 0 Å². The van der Waals surface area contributed by atoms with Crippen molar-refractivity contribution in [1.29, 1.82) is 0 Å². The fourth-order valence-corrected chi connectivity index (χ4v) is 2.36. The fourth-order valence-electron chi connectivity index (χ4n) is 2.36. The molecule has 4 heteroatoms. The predicted molar refractivity (Wildman–Crippen MR) is 63.0 cm³/mol. The standard InChI is InChI=1S/C14H14O4/c1-2-3-4-5-6-11-12-13(17-12)14(18-11)8-7-10(15)9-16-14/h6,10,12-13,15H,7-9H2,1H3/t10-,12+,13+,14-/m0/s1. The zero-order valence-electron chi connectivity index (χ0n) is 10.1. The zero-order chi connectivity index (χ0) is 12.6. The summed E-state index contributed by atoms with van der Waals surface area (Å²) in [5, 5.41) is 9.45. The Hall–Kier alpha value is -1.46. The normalized spacial score (nSPS) is 42.3. The maximum Gasteiger partial charge on any atom is 0.239 e. The summed E-state index contributed by atoms with van der Waals surface area (Å²) in [6.45, 7) is 2.04. The van der Waals surface area contributed by atoms with Crippen molar-refractivity contribution in [2.24, 2.45) is 0 Å². The predicted octanol–water partition coefficient (Wildman–Crippen LogP) is 0.562. The molecule has 3 saturated heterocycles. The minimum Gasteiger partial charge on any atom is -0.460 e. The summed E-state index contributed by atoms with van der Waals surface area (Å²) < 4.78 is 17.0. The van der Waals surface area contributed by atoms with Crippen LogP contribution in [0.2, 0.25) is 0 Å².